The minimum atomic E-state index is -0.884. The molecule has 0 aromatic rings. The molecule has 3 nitrogen and oxygen atoms in total. The van der Waals surface area contributed by atoms with Crippen molar-refractivity contribution in [2.75, 3.05) is 0 Å². The molecule has 0 aliphatic carbocycles. The second kappa shape index (κ2) is 12.6. The van der Waals surface area contributed by atoms with Crippen LogP contribution in [0, 0.1) is 0 Å². The van der Waals surface area contributed by atoms with Gasteiger partial charge in [0.15, 0.2) is 5.71 Å². The monoisotopic (exact) mass is 359 g/mol. The van der Waals surface area contributed by atoms with Crippen LogP contribution >= 0.6 is 9.24 Å². The van der Waals surface area contributed by atoms with Gasteiger partial charge in [-0.15, -0.1) is 0 Å². The zero-order valence-corrected chi connectivity index (χ0v) is 17.8. The second-order valence-corrected chi connectivity index (χ2v) is 0.787. The van der Waals surface area contributed by atoms with Crippen LogP contribution in [-0.2, 0) is 4.89 Å². The molecule has 0 saturated heterocycles. The van der Waals surface area contributed by atoms with Crippen molar-refractivity contribution in [3.8, 4) is 0 Å². The smallest absolute Gasteiger partial charge is 0.432 e. The van der Waals surface area contributed by atoms with Gasteiger partial charge in [0.2, 0.25) is 0 Å². The fraction of sp³-hybridized carbons (Fsp3) is 0. The molecule has 30 valence electrons. The molecule has 0 amide bonds. The van der Waals surface area contributed by atoms with Crippen molar-refractivity contribution in [1.82, 2.24) is 0 Å². The Morgan fingerprint density at radius 2 is 1.71 bits per heavy atom. The molecule has 0 rings (SSSR count). The summed E-state index contributed by atoms with van der Waals surface area (Å²) in [6, 6.07) is 0. The Hall–Kier alpha value is 3.96. The fourth-order valence-electron chi connectivity index (χ4n) is 0. The predicted molar refractivity (Wildman–Crippen MR) is 17.4 cm³/mol. The van der Waals surface area contributed by atoms with Crippen LogP contribution in [0.5, 0.6) is 0 Å². The van der Waals surface area contributed by atoms with Gasteiger partial charge in [0.25, 0.3) is 0 Å². The zero-order chi connectivity index (χ0) is 4.28. The summed E-state index contributed by atoms with van der Waals surface area (Å²) in [4.78, 5) is 12.3. The van der Waals surface area contributed by atoms with Crippen molar-refractivity contribution in [3.05, 3.63) is 0 Å². The van der Waals surface area contributed by atoms with Gasteiger partial charge in [0, 0.05) is 0 Å². The third kappa shape index (κ3) is 17.8. The van der Waals surface area contributed by atoms with Crippen LogP contribution in [0.4, 0.5) is 4.79 Å². The summed E-state index contributed by atoms with van der Waals surface area (Å²) in [5.41, 5.74) is -0.884. The first-order valence-electron chi connectivity index (χ1n) is 0.841. The van der Waals surface area contributed by atoms with E-state index in [1.807, 2.05) is 0 Å². The van der Waals surface area contributed by atoms with E-state index in [2.05, 4.69) is 14.1 Å². The van der Waals surface area contributed by atoms with Gasteiger partial charge in [0.1, 0.15) is 0 Å². The average molecular weight is 359 g/mol. The fourth-order valence-corrected chi connectivity index (χ4v) is 0. The van der Waals surface area contributed by atoms with Crippen LogP contribution < -0.4 is 138 Å². The van der Waals surface area contributed by atoms with E-state index < -0.39 is 5.71 Å². The summed E-state index contributed by atoms with van der Waals surface area (Å²) in [5.74, 6) is 0. The van der Waals surface area contributed by atoms with Crippen LogP contribution in [0.15, 0.2) is 0 Å². The Bertz CT molecular complexity index is 48.2. The average Bonchev–Trinajstić information content (AvgIpc) is 1.38. The van der Waals surface area contributed by atoms with Gasteiger partial charge in [-0.3, -0.25) is 4.79 Å². The largest absolute Gasteiger partial charge is 1.00 e. The predicted octanol–water partition coefficient (Wildman–Crippen LogP) is -5.25. The summed E-state index contributed by atoms with van der Waals surface area (Å²) in [7, 11) is 2.30. The molecule has 0 aliphatic rings. The standard InChI is InChI=1S/CH2O3P.2Cs/c2-1(5)4-3;;/h3,5H;;/q-1;2*+1. The van der Waals surface area contributed by atoms with Crippen molar-refractivity contribution in [3.63, 3.8) is 0 Å². The summed E-state index contributed by atoms with van der Waals surface area (Å²) in [5, 5.41) is 7.25. The van der Waals surface area contributed by atoms with E-state index in [9.17, 15) is 4.79 Å². The van der Waals surface area contributed by atoms with Gasteiger partial charge < -0.3 is 14.1 Å². The van der Waals surface area contributed by atoms with Gasteiger partial charge in [0.05, 0.1) is 0 Å². The number of rotatable bonds is 0. The molecular formula is CH2Cs2O3P+. The van der Waals surface area contributed by atoms with Gasteiger partial charge in [-0.2, -0.15) is 0 Å². The molecule has 0 atom stereocenters. The van der Waals surface area contributed by atoms with E-state index in [1.165, 1.54) is 0 Å². The third-order valence-corrected chi connectivity index (χ3v) is 0.174. The minimum absolute atomic E-state index is 0. The van der Waals surface area contributed by atoms with Crippen LogP contribution in [0.1, 0.15) is 0 Å². The molecule has 7 heavy (non-hydrogen) atoms. The molecule has 0 spiro atoms. The maximum atomic E-state index is 9.25. The van der Waals surface area contributed by atoms with Crippen molar-refractivity contribution in [2.45, 2.75) is 0 Å². The Kier molecular flexibility index (Phi) is 30.9. The molecular weight excluding hydrogens is 357 g/mol. The van der Waals surface area contributed by atoms with Gasteiger partial charge >= 0.3 is 138 Å². The molecule has 0 radical (unpaired) electrons. The SMILES string of the molecule is O=C([PH-])OO.[Cs+].[Cs+]. The summed E-state index contributed by atoms with van der Waals surface area (Å²) >= 11 is 0. The molecule has 0 aromatic carbocycles. The number of carbonyl (C=O) groups is 1. The Balaban J connectivity index is -0.0000000800. The van der Waals surface area contributed by atoms with E-state index in [0.717, 1.165) is 0 Å². The summed E-state index contributed by atoms with van der Waals surface area (Å²) in [6.07, 6.45) is 0. The molecule has 0 bridgehead atoms. The normalized spacial score (nSPS) is 4.86. The first kappa shape index (κ1) is 17.2. The summed E-state index contributed by atoms with van der Waals surface area (Å²) in [6.45, 7) is 0. The Morgan fingerprint density at radius 1 is 1.57 bits per heavy atom. The minimum Gasteiger partial charge on any atom is -0.432 e. The van der Waals surface area contributed by atoms with Crippen molar-refractivity contribution >= 4 is 15.0 Å². The molecule has 6 heteroatoms. The van der Waals surface area contributed by atoms with Gasteiger partial charge in [-0.05, 0) is 0 Å². The van der Waals surface area contributed by atoms with E-state index in [0.29, 0.717) is 0 Å². The molecule has 0 aromatic heterocycles. The molecule has 0 aliphatic heterocycles. The van der Waals surface area contributed by atoms with E-state index in [-0.39, 0.29) is 138 Å². The summed E-state index contributed by atoms with van der Waals surface area (Å²) < 4.78 is 0. The number of carbonyl (C=O) groups excluding carboxylic acids is 1. The molecule has 0 saturated carbocycles. The van der Waals surface area contributed by atoms with Crippen LogP contribution in [0.2, 0.25) is 0 Å². The maximum Gasteiger partial charge on any atom is 1.00 e. The first-order valence-corrected chi connectivity index (χ1v) is 1.34. The Morgan fingerprint density at radius 3 is 1.71 bits per heavy atom. The number of hydrogen-bond donors (Lipinski definition) is 1. The van der Waals surface area contributed by atoms with Crippen LogP contribution in [0.25, 0.3) is 0 Å². The second-order valence-electron chi connectivity index (χ2n) is 0.379. The first-order chi connectivity index (χ1) is 2.27. The van der Waals surface area contributed by atoms with Crippen molar-refractivity contribution in [1.29, 1.82) is 0 Å². The quantitative estimate of drug-likeness (QED) is 0.267. The third-order valence-electron chi connectivity index (χ3n) is 0.0829. The van der Waals surface area contributed by atoms with Crippen LogP contribution in [0.3, 0.4) is 0 Å². The topological polar surface area (TPSA) is 46.5 Å². The molecule has 0 fully saturated rings. The molecule has 0 heterocycles. The Labute approximate surface area is 162 Å². The number of hydrogen-bond acceptors (Lipinski definition) is 3. The van der Waals surface area contributed by atoms with Gasteiger partial charge in [-0.1, -0.05) is 0 Å². The van der Waals surface area contributed by atoms with Crippen molar-refractivity contribution < 1.29 is 153 Å². The molecule has 1 N–H and O–H groups in total. The maximum absolute atomic E-state index is 9.25. The van der Waals surface area contributed by atoms with Gasteiger partial charge in [-0.25, -0.2) is 5.26 Å². The van der Waals surface area contributed by atoms with E-state index in [4.69, 9.17) is 5.26 Å². The van der Waals surface area contributed by atoms with E-state index >= 15 is 0 Å². The molecule has 0 unspecified atom stereocenters. The van der Waals surface area contributed by atoms with E-state index in [1.54, 1.807) is 0 Å². The van der Waals surface area contributed by atoms with Crippen LogP contribution in [-0.4, -0.2) is 11.0 Å². The van der Waals surface area contributed by atoms with Crippen molar-refractivity contribution in [2.24, 2.45) is 0 Å². The zero-order valence-electron chi connectivity index (χ0n) is 4.26.